The molecule has 0 spiro atoms. The van der Waals surface area contributed by atoms with Crippen molar-refractivity contribution >= 4 is 75.1 Å². The molecule has 51 heavy (non-hydrogen) atoms. The van der Waals surface area contributed by atoms with Gasteiger partial charge in [0.05, 0.1) is 34.0 Å². The molecule has 0 bridgehead atoms. The number of thiophene rings is 1. The normalized spacial score (nSPS) is 14.6. The van der Waals surface area contributed by atoms with Crippen LogP contribution in [0.25, 0.3) is 92.2 Å². The molecule has 0 saturated heterocycles. The van der Waals surface area contributed by atoms with E-state index in [1.54, 1.807) is 0 Å². The summed E-state index contributed by atoms with van der Waals surface area (Å²) in [5, 5.41) is 7.56. The third-order valence-electron chi connectivity index (χ3n) is 10.4. The van der Waals surface area contributed by atoms with E-state index in [9.17, 15) is 0 Å². The number of benzene rings is 6. The van der Waals surface area contributed by atoms with E-state index in [-0.39, 0.29) is 6.04 Å². The van der Waals surface area contributed by atoms with Crippen LogP contribution in [0.15, 0.2) is 164 Å². The molecule has 0 radical (unpaired) electrons. The van der Waals surface area contributed by atoms with Gasteiger partial charge in [0.25, 0.3) is 0 Å². The average molecular weight is 671 g/mol. The van der Waals surface area contributed by atoms with Gasteiger partial charge in [-0.15, -0.1) is 11.3 Å². The first-order valence-corrected chi connectivity index (χ1v) is 18.3. The van der Waals surface area contributed by atoms with Gasteiger partial charge in [0.2, 0.25) is 5.95 Å². The molecule has 11 rings (SSSR count). The molecule has 4 nitrogen and oxygen atoms in total. The van der Waals surface area contributed by atoms with Gasteiger partial charge in [-0.1, -0.05) is 121 Å². The van der Waals surface area contributed by atoms with Crippen molar-refractivity contribution in [3.05, 3.63) is 164 Å². The Morgan fingerprint density at radius 2 is 1.06 bits per heavy atom. The fourth-order valence-electron chi connectivity index (χ4n) is 8.11. The molecule has 0 amide bonds. The Morgan fingerprint density at radius 3 is 1.71 bits per heavy atom. The standard InChI is InChI=1S/C46H30N4S/c1-4-14-29(15-5-1)38-28-39(30-16-6-2-7-17-30)48-46(47-38)50-41-23-13-11-21-33(41)35-27-45-37(25-43(35)50)36-24-42-34(26-44(36)51-45)32-20-10-12-22-40(32)49(42)31-18-8-3-9-19-31/h1-18,20-28,31H,19H2. The molecule has 0 saturated carbocycles. The Labute approximate surface area is 297 Å². The highest BCUT2D eigenvalue weighted by molar-refractivity contribution is 7.26. The average Bonchev–Trinajstić information content (AvgIpc) is 3.83. The number of aromatic nitrogens is 4. The monoisotopic (exact) mass is 670 g/mol. The summed E-state index contributed by atoms with van der Waals surface area (Å²) in [5.41, 5.74) is 8.68. The molecule has 6 aromatic carbocycles. The molecule has 0 aliphatic heterocycles. The summed E-state index contributed by atoms with van der Waals surface area (Å²) in [5.74, 6) is 0.667. The van der Waals surface area contributed by atoms with E-state index in [2.05, 4.69) is 161 Å². The van der Waals surface area contributed by atoms with Crippen LogP contribution in [0.5, 0.6) is 0 Å². The lowest BCUT2D eigenvalue weighted by Crippen LogP contribution is -2.06. The molecule has 4 aromatic heterocycles. The zero-order valence-electron chi connectivity index (χ0n) is 27.6. The van der Waals surface area contributed by atoms with Crippen LogP contribution in [0.3, 0.4) is 0 Å². The number of fused-ring (bicyclic) bond motifs is 9. The molecular weight excluding hydrogens is 641 g/mol. The van der Waals surface area contributed by atoms with Gasteiger partial charge in [0.15, 0.2) is 0 Å². The lowest BCUT2D eigenvalue weighted by Gasteiger charge is -2.18. The second-order valence-electron chi connectivity index (χ2n) is 13.4. The zero-order chi connectivity index (χ0) is 33.5. The van der Waals surface area contributed by atoms with Crippen molar-refractivity contribution in [2.75, 3.05) is 0 Å². The molecule has 1 unspecified atom stereocenters. The van der Waals surface area contributed by atoms with Gasteiger partial charge in [0, 0.05) is 58.4 Å². The quantitative estimate of drug-likeness (QED) is 0.187. The number of allylic oxidation sites excluding steroid dienone is 4. The molecule has 1 atom stereocenters. The highest BCUT2D eigenvalue weighted by atomic mass is 32.1. The first kappa shape index (κ1) is 28.5. The number of hydrogen-bond donors (Lipinski definition) is 0. The van der Waals surface area contributed by atoms with Crippen LogP contribution < -0.4 is 0 Å². The van der Waals surface area contributed by atoms with Gasteiger partial charge >= 0.3 is 0 Å². The van der Waals surface area contributed by atoms with Crippen LogP contribution in [0, 0.1) is 0 Å². The van der Waals surface area contributed by atoms with Crippen molar-refractivity contribution < 1.29 is 0 Å². The summed E-state index contributed by atoms with van der Waals surface area (Å²) in [7, 11) is 0. The number of nitrogens with zero attached hydrogens (tertiary/aromatic N) is 4. The van der Waals surface area contributed by atoms with E-state index >= 15 is 0 Å². The summed E-state index contributed by atoms with van der Waals surface area (Å²) in [4.78, 5) is 10.5. The van der Waals surface area contributed by atoms with Gasteiger partial charge in [-0.3, -0.25) is 4.57 Å². The van der Waals surface area contributed by atoms with Gasteiger partial charge in [-0.2, -0.15) is 0 Å². The van der Waals surface area contributed by atoms with Crippen molar-refractivity contribution in [1.82, 2.24) is 19.1 Å². The summed E-state index contributed by atoms with van der Waals surface area (Å²) in [6.45, 7) is 0. The van der Waals surface area contributed by atoms with Crippen LogP contribution in [-0.2, 0) is 0 Å². The molecule has 4 heterocycles. The van der Waals surface area contributed by atoms with Crippen molar-refractivity contribution in [3.8, 4) is 28.5 Å². The summed E-state index contributed by atoms with van der Waals surface area (Å²) < 4.78 is 7.39. The van der Waals surface area contributed by atoms with E-state index in [0.717, 1.165) is 40.0 Å². The third-order valence-corrected chi connectivity index (χ3v) is 11.6. The zero-order valence-corrected chi connectivity index (χ0v) is 28.4. The number of hydrogen-bond acceptors (Lipinski definition) is 3. The molecule has 10 aromatic rings. The Bertz CT molecular complexity index is 2990. The fourth-order valence-corrected chi connectivity index (χ4v) is 9.26. The van der Waals surface area contributed by atoms with Crippen LogP contribution in [-0.4, -0.2) is 19.1 Å². The largest absolute Gasteiger partial charge is 0.333 e. The number of rotatable bonds is 4. The summed E-state index contributed by atoms with van der Waals surface area (Å²) in [6, 6.07) is 50.3. The van der Waals surface area contributed by atoms with Crippen molar-refractivity contribution in [2.24, 2.45) is 0 Å². The first-order valence-electron chi connectivity index (χ1n) is 17.4. The van der Waals surface area contributed by atoms with Crippen LogP contribution >= 0.6 is 11.3 Å². The number of para-hydroxylation sites is 2. The van der Waals surface area contributed by atoms with Crippen LogP contribution in [0.2, 0.25) is 0 Å². The summed E-state index contributed by atoms with van der Waals surface area (Å²) in [6.07, 6.45) is 9.93. The van der Waals surface area contributed by atoms with E-state index in [1.165, 1.54) is 52.8 Å². The molecular formula is C46H30N4S. The maximum absolute atomic E-state index is 5.27. The molecule has 0 N–H and O–H groups in total. The maximum Gasteiger partial charge on any atom is 0.235 e. The lowest BCUT2D eigenvalue weighted by atomic mass is 10.1. The lowest BCUT2D eigenvalue weighted by molar-refractivity contribution is 0.648. The highest BCUT2D eigenvalue weighted by Crippen LogP contribution is 2.44. The predicted molar refractivity (Wildman–Crippen MR) is 215 cm³/mol. The molecule has 0 fully saturated rings. The van der Waals surface area contributed by atoms with Crippen LogP contribution in [0.1, 0.15) is 12.5 Å². The second kappa shape index (κ2) is 11.1. The second-order valence-corrected chi connectivity index (χ2v) is 14.4. The molecule has 1 aliphatic carbocycles. The Morgan fingerprint density at radius 1 is 0.490 bits per heavy atom. The van der Waals surface area contributed by atoms with E-state index in [1.807, 2.05) is 23.5 Å². The van der Waals surface area contributed by atoms with Crippen molar-refractivity contribution in [3.63, 3.8) is 0 Å². The Kier molecular flexibility index (Phi) is 6.21. The molecule has 5 heteroatoms. The predicted octanol–water partition coefficient (Wildman–Crippen LogP) is 12.4. The minimum atomic E-state index is 0.279. The van der Waals surface area contributed by atoms with E-state index < -0.39 is 0 Å². The molecule has 1 aliphatic rings. The smallest absolute Gasteiger partial charge is 0.235 e. The van der Waals surface area contributed by atoms with E-state index in [0.29, 0.717) is 5.95 Å². The minimum absolute atomic E-state index is 0.279. The van der Waals surface area contributed by atoms with Gasteiger partial charge in [-0.25, -0.2) is 9.97 Å². The first-order chi connectivity index (χ1) is 25.3. The fraction of sp³-hybridized carbons (Fsp3) is 0.0435. The van der Waals surface area contributed by atoms with Crippen molar-refractivity contribution in [1.29, 1.82) is 0 Å². The highest BCUT2D eigenvalue weighted by Gasteiger charge is 2.21. The Hall–Kier alpha value is -6.30. The van der Waals surface area contributed by atoms with Gasteiger partial charge < -0.3 is 4.57 Å². The Balaban J connectivity index is 1.21. The SMILES string of the molecule is C1=CCC(n2c3ccccc3c3cc4sc5cc6c7ccccc7n(-c7nc(-c8ccccc8)cc(-c8ccccc8)n7)c6cc5c4cc32)C=C1. The van der Waals surface area contributed by atoms with Crippen molar-refractivity contribution in [2.45, 2.75) is 12.5 Å². The van der Waals surface area contributed by atoms with Gasteiger partial charge in [0.1, 0.15) is 0 Å². The summed E-state index contributed by atoms with van der Waals surface area (Å²) >= 11 is 1.88. The van der Waals surface area contributed by atoms with E-state index in [4.69, 9.17) is 9.97 Å². The minimum Gasteiger partial charge on any atom is -0.333 e. The van der Waals surface area contributed by atoms with Gasteiger partial charge in [-0.05, 0) is 48.9 Å². The topological polar surface area (TPSA) is 35.6 Å². The van der Waals surface area contributed by atoms with Crippen LogP contribution in [0.4, 0.5) is 0 Å². The maximum atomic E-state index is 5.27. The molecule has 240 valence electrons. The third kappa shape index (κ3) is 4.38.